The van der Waals surface area contributed by atoms with Crippen LogP contribution in [0.4, 0.5) is 0 Å². The molecule has 6 nitrogen and oxygen atoms in total. The second-order valence-electron chi connectivity index (χ2n) is 7.03. The normalized spacial score (nSPS) is 10.8. The molecule has 7 heteroatoms. The molecular formula is C26H19BrN2O4. The Labute approximate surface area is 199 Å². The quantitative estimate of drug-likeness (QED) is 0.161. The van der Waals surface area contributed by atoms with Gasteiger partial charge >= 0.3 is 5.97 Å². The van der Waals surface area contributed by atoms with Crippen molar-refractivity contribution in [2.75, 3.05) is 7.11 Å². The van der Waals surface area contributed by atoms with Crippen LogP contribution in [0.2, 0.25) is 0 Å². The molecule has 0 saturated carbocycles. The Morgan fingerprint density at radius 1 is 0.909 bits per heavy atom. The lowest BCUT2D eigenvalue weighted by Gasteiger charge is -2.11. The molecule has 0 aromatic heterocycles. The second-order valence-corrected chi connectivity index (χ2v) is 7.95. The number of amides is 1. The van der Waals surface area contributed by atoms with E-state index in [1.54, 1.807) is 48.5 Å². The summed E-state index contributed by atoms with van der Waals surface area (Å²) in [5.41, 5.74) is 4.10. The van der Waals surface area contributed by atoms with Crippen molar-refractivity contribution in [3.8, 4) is 11.5 Å². The van der Waals surface area contributed by atoms with Crippen molar-refractivity contribution < 1.29 is 19.1 Å². The fourth-order valence-corrected chi connectivity index (χ4v) is 3.50. The van der Waals surface area contributed by atoms with Crippen LogP contribution in [-0.4, -0.2) is 25.2 Å². The van der Waals surface area contributed by atoms with Gasteiger partial charge in [0.2, 0.25) is 0 Å². The number of halogens is 1. The molecule has 0 aliphatic heterocycles. The number of carbonyl (C=O) groups is 2. The van der Waals surface area contributed by atoms with E-state index in [9.17, 15) is 9.59 Å². The van der Waals surface area contributed by atoms with Crippen LogP contribution in [-0.2, 0) is 0 Å². The monoisotopic (exact) mass is 502 g/mol. The summed E-state index contributed by atoms with van der Waals surface area (Å²) < 4.78 is 11.9. The molecule has 0 bridgehead atoms. The van der Waals surface area contributed by atoms with Gasteiger partial charge in [0.15, 0.2) is 11.5 Å². The van der Waals surface area contributed by atoms with Crippen molar-refractivity contribution in [1.82, 2.24) is 5.43 Å². The van der Waals surface area contributed by atoms with Gasteiger partial charge in [-0.3, -0.25) is 4.79 Å². The molecule has 164 valence electrons. The lowest BCUT2D eigenvalue weighted by Crippen LogP contribution is -2.17. The fourth-order valence-electron chi connectivity index (χ4n) is 3.24. The minimum Gasteiger partial charge on any atom is -0.493 e. The number of hydrazone groups is 1. The van der Waals surface area contributed by atoms with Crippen molar-refractivity contribution >= 4 is 44.8 Å². The molecule has 4 aromatic carbocycles. The number of benzene rings is 4. The molecule has 33 heavy (non-hydrogen) atoms. The molecule has 0 aliphatic rings. The molecule has 0 aliphatic carbocycles. The number of ether oxygens (including phenoxy) is 2. The third-order valence-corrected chi connectivity index (χ3v) is 5.41. The highest BCUT2D eigenvalue weighted by Gasteiger charge is 2.15. The first-order valence-corrected chi connectivity index (χ1v) is 10.8. The first-order chi connectivity index (χ1) is 16.0. The molecule has 4 aromatic rings. The number of nitrogens with one attached hydrogen (secondary N) is 1. The van der Waals surface area contributed by atoms with Crippen LogP contribution < -0.4 is 14.9 Å². The largest absolute Gasteiger partial charge is 0.493 e. The molecule has 0 radical (unpaired) electrons. The van der Waals surface area contributed by atoms with Crippen LogP contribution >= 0.6 is 15.9 Å². The Kier molecular flexibility index (Phi) is 6.80. The van der Waals surface area contributed by atoms with Crippen LogP contribution in [0.5, 0.6) is 11.5 Å². The zero-order valence-electron chi connectivity index (χ0n) is 17.6. The maximum Gasteiger partial charge on any atom is 0.344 e. The first kappa shape index (κ1) is 22.2. The van der Waals surface area contributed by atoms with E-state index < -0.39 is 5.97 Å². The minimum absolute atomic E-state index is 0.284. The Hall–Kier alpha value is -3.97. The predicted molar refractivity (Wildman–Crippen MR) is 131 cm³/mol. The molecule has 0 saturated heterocycles. The van der Waals surface area contributed by atoms with E-state index in [1.165, 1.54) is 13.3 Å². The van der Waals surface area contributed by atoms with Gasteiger partial charge in [-0.15, -0.1) is 0 Å². The van der Waals surface area contributed by atoms with Crippen molar-refractivity contribution in [2.24, 2.45) is 5.10 Å². The maximum absolute atomic E-state index is 12.8. The van der Waals surface area contributed by atoms with Gasteiger partial charge in [-0.05, 0) is 64.9 Å². The highest BCUT2D eigenvalue weighted by atomic mass is 79.9. The summed E-state index contributed by atoms with van der Waals surface area (Å²) >= 11 is 3.33. The second kappa shape index (κ2) is 10.1. The number of esters is 1. The van der Waals surface area contributed by atoms with E-state index in [4.69, 9.17) is 9.47 Å². The van der Waals surface area contributed by atoms with Crippen molar-refractivity contribution in [3.63, 3.8) is 0 Å². The van der Waals surface area contributed by atoms with Gasteiger partial charge in [-0.2, -0.15) is 5.10 Å². The van der Waals surface area contributed by atoms with Crippen molar-refractivity contribution in [2.45, 2.75) is 0 Å². The van der Waals surface area contributed by atoms with Gasteiger partial charge in [-0.1, -0.05) is 52.3 Å². The number of hydrogen-bond acceptors (Lipinski definition) is 5. The van der Waals surface area contributed by atoms with Gasteiger partial charge in [0.25, 0.3) is 5.91 Å². The predicted octanol–water partition coefficient (Wildman–Crippen LogP) is 5.59. The molecule has 1 N–H and O–H groups in total. The Bertz CT molecular complexity index is 1350. The van der Waals surface area contributed by atoms with E-state index in [0.717, 1.165) is 15.2 Å². The van der Waals surface area contributed by atoms with E-state index in [0.29, 0.717) is 22.4 Å². The molecular weight excluding hydrogens is 484 g/mol. The molecule has 0 spiro atoms. The summed E-state index contributed by atoms with van der Waals surface area (Å²) in [4.78, 5) is 25.0. The molecule has 0 unspecified atom stereocenters. The zero-order chi connectivity index (χ0) is 23.2. The Morgan fingerprint density at radius 2 is 1.67 bits per heavy atom. The number of carbonyl (C=O) groups excluding carboxylic acids is 2. The number of nitrogens with zero attached hydrogens (tertiary/aromatic N) is 1. The van der Waals surface area contributed by atoms with Crippen molar-refractivity contribution in [3.05, 3.63) is 106 Å². The third kappa shape index (κ3) is 5.27. The van der Waals surface area contributed by atoms with Gasteiger partial charge in [-0.25, -0.2) is 10.2 Å². The van der Waals surface area contributed by atoms with E-state index in [1.807, 2.05) is 36.4 Å². The highest BCUT2D eigenvalue weighted by molar-refractivity contribution is 9.10. The lowest BCUT2D eigenvalue weighted by molar-refractivity contribution is 0.0731. The number of methoxy groups -OCH3 is 1. The number of hydrogen-bond donors (Lipinski definition) is 1. The summed E-state index contributed by atoms with van der Waals surface area (Å²) in [5.74, 6) is -0.155. The van der Waals surface area contributed by atoms with E-state index in [2.05, 4.69) is 26.5 Å². The van der Waals surface area contributed by atoms with Crippen LogP contribution in [0.1, 0.15) is 26.3 Å². The summed E-state index contributed by atoms with van der Waals surface area (Å²) in [7, 11) is 1.49. The first-order valence-electron chi connectivity index (χ1n) is 10.0. The van der Waals surface area contributed by atoms with Crippen molar-refractivity contribution in [1.29, 1.82) is 0 Å². The summed E-state index contributed by atoms with van der Waals surface area (Å²) in [6.07, 6.45) is 1.48. The zero-order valence-corrected chi connectivity index (χ0v) is 19.2. The molecule has 0 atom stereocenters. The summed E-state index contributed by atoms with van der Waals surface area (Å²) in [6, 6.07) is 25.1. The van der Waals surface area contributed by atoms with Crippen LogP contribution in [0, 0.1) is 0 Å². The third-order valence-electron chi connectivity index (χ3n) is 4.89. The van der Waals surface area contributed by atoms with Crippen LogP contribution in [0.15, 0.2) is 94.5 Å². The summed E-state index contributed by atoms with van der Waals surface area (Å²) in [6.45, 7) is 0. The van der Waals surface area contributed by atoms with E-state index >= 15 is 0 Å². The Morgan fingerprint density at radius 3 is 2.45 bits per heavy atom. The Balaban J connectivity index is 1.47. The molecule has 0 heterocycles. The molecule has 4 rings (SSSR count). The van der Waals surface area contributed by atoms with Gasteiger partial charge in [0.1, 0.15) is 0 Å². The average Bonchev–Trinajstić information content (AvgIpc) is 2.84. The lowest BCUT2D eigenvalue weighted by atomic mass is 10.0. The van der Waals surface area contributed by atoms with Gasteiger partial charge in [0.05, 0.1) is 18.9 Å². The highest BCUT2D eigenvalue weighted by Crippen LogP contribution is 2.29. The number of fused-ring (bicyclic) bond motifs is 1. The van der Waals surface area contributed by atoms with Gasteiger partial charge < -0.3 is 9.47 Å². The molecule has 0 fully saturated rings. The topological polar surface area (TPSA) is 77.0 Å². The number of rotatable bonds is 6. The van der Waals surface area contributed by atoms with Crippen LogP contribution in [0.3, 0.4) is 0 Å². The molecule has 1 amide bonds. The minimum atomic E-state index is -0.478. The smallest absolute Gasteiger partial charge is 0.344 e. The standard InChI is InChI=1S/C26H19BrN2O4/c1-32-24-15-17(16-28-29-25(30)19-10-12-20(27)13-11-19)9-14-23(24)33-26(31)22-8-4-6-18-5-2-3-7-21(18)22/h2-16H,1H3,(H,29,30). The van der Waals surface area contributed by atoms with Crippen LogP contribution in [0.25, 0.3) is 10.8 Å². The average molecular weight is 503 g/mol. The van der Waals surface area contributed by atoms with E-state index in [-0.39, 0.29) is 11.7 Å². The maximum atomic E-state index is 12.8. The fraction of sp³-hybridized carbons (Fsp3) is 0.0385. The summed E-state index contributed by atoms with van der Waals surface area (Å²) in [5, 5.41) is 5.76. The SMILES string of the molecule is COc1cc(C=NNC(=O)c2ccc(Br)cc2)ccc1OC(=O)c1cccc2ccccc12. The van der Waals surface area contributed by atoms with Gasteiger partial charge in [0, 0.05) is 10.0 Å².